The van der Waals surface area contributed by atoms with Crippen molar-refractivity contribution in [1.29, 1.82) is 0 Å². The minimum atomic E-state index is -1.34. The topological polar surface area (TPSA) is 122 Å². The van der Waals surface area contributed by atoms with Crippen LogP contribution in [0.4, 0.5) is 19.3 Å². The number of hydrogen-bond donors (Lipinski definition) is 2. The standard InChI is InChI=1S/C25H24F2N4O6/c1-14-5-6-31-19(12-16-13-30(7-8-37-16)25(35)36-2)24(29-20(31)9-14)23-17(26)10-15(11-18(23)27)28-21(32)3-4-22(33)34/h3-6,9-11,16H,7-8,12-13H2,1-2H3,(H,28,32)(H,33,34)/b4-3+/t16-/m0/s1. The molecule has 194 valence electrons. The average molecular weight is 514 g/mol. The highest BCUT2D eigenvalue weighted by Gasteiger charge is 2.29. The summed E-state index contributed by atoms with van der Waals surface area (Å²) in [7, 11) is 1.29. The summed E-state index contributed by atoms with van der Waals surface area (Å²) >= 11 is 0. The van der Waals surface area contributed by atoms with Crippen molar-refractivity contribution in [3.05, 3.63) is 65.5 Å². The second-order valence-electron chi connectivity index (χ2n) is 8.43. The molecule has 0 unspecified atom stereocenters. The zero-order valence-corrected chi connectivity index (χ0v) is 20.0. The van der Waals surface area contributed by atoms with Gasteiger partial charge in [-0.15, -0.1) is 0 Å². The Balaban J connectivity index is 1.71. The number of morpholine rings is 1. The molecular formula is C25H24F2N4O6. The van der Waals surface area contributed by atoms with Crippen LogP contribution in [-0.2, 0) is 25.5 Å². The highest BCUT2D eigenvalue weighted by Crippen LogP contribution is 2.33. The third-order valence-corrected chi connectivity index (χ3v) is 5.80. The van der Waals surface area contributed by atoms with Crippen molar-refractivity contribution in [3.63, 3.8) is 0 Å². The van der Waals surface area contributed by atoms with Gasteiger partial charge < -0.3 is 29.2 Å². The molecule has 3 heterocycles. The number of aromatic nitrogens is 2. The number of carbonyl (C=O) groups excluding carboxylic acids is 2. The third-order valence-electron chi connectivity index (χ3n) is 5.80. The van der Waals surface area contributed by atoms with Gasteiger partial charge in [-0.3, -0.25) is 4.79 Å². The van der Waals surface area contributed by atoms with Gasteiger partial charge in [0.1, 0.15) is 17.3 Å². The molecule has 2 amide bonds. The fourth-order valence-electron chi connectivity index (χ4n) is 4.15. The Morgan fingerprint density at radius 2 is 1.97 bits per heavy atom. The number of pyridine rings is 1. The Morgan fingerprint density at radius 3 is 2.65 bits per heavy atom. The van der Waals surface area contributed by atoms with Crippen LogP contribution in [0.3, 0.4) is 0 Å². The van der Waals surface area contributed by atoms with Gasteiger partial charge in [-0.05, 0) is 36.8 Å². The molecule has 1 aliphatic heterocycles. The van der Waals surface area contributed by atoms with E-state index in [9.17, 15) is 14.4 Å². The van der Waals surface area contributed by atoms with Gasteiger partial charge in [-0.1, -0.05) is 0 Å². The number of rotatable bonds is 6. The maximum atomic E-state index is 15.3. The van der Waals surface area contributed by atoms with Crippen molar-refractivity contribution in [1.82, 2.24) is 14.3 Å². The van der Waals surface area contributed by atoms with Crippen molar-refractivity contribution >= 4 is 29.3 Å². The van der Waals surface area contributed by atoms with Gasteiger partial charge >= 0.3 is 12.1 Å². The van der Waals surface area contributed by atoms with Crippen molar-refractivity contribution in [2.75, 3.05) is 32.1 Å². The molecule has 2 N–H and O–H groups in total. The number of hydrogen-bond acceptors (Lipinski definition) is 6. The minimum absolute atomic E-state index is 0.0584. The van der Waals surface area contributed by atoms with Crippen LogP contribution in [0.5, 0.6) is 0 Å². The Labute approximate surface area is 210 Å². The normalized spacial score (nSPS) is 15.8. The maximum absolute atomic E-state index is 15.3. The van der Waals surface area contributed by atoms with Crippen LogP contribution in [0.1, 0.15) is 11.3 Å². The van der Waals surface area contributed by atoms with Crippen molar-refractivity contribution in [3.8, 4) is 11.3 Å². The van der Waals surface area contributed by atoms with Gasteiger partial charge in [-0.25, -0.2) is 23.4 Å². The van der Waals surface area contributed by atoms with E-state index in [1.807, 2.05) is 13.0 Å². The van der Waals surface area contributed by atoms with Crippen molar-refractivity contribution in [2.45, 2.75) is 19.4 Å². The fraction of sp³-hybridized carbons (Fsp3) is 0.280. The van der Waals surface area contributed by atoms with E-state index in [-0.39, 0.29) is 31.0 Å². The van der Waals surface area contributed by atoms with Crippen LogP contribution >= 0.6 is 0 Å². The van der Waals surface area contributed by atoms with E-state index in [2.05, 4.69) is 10.3 Å². The summed E-state index contributed by atoms with van der Waals surface area (Å²) in [5, 5.41) is 10.9. The number of methoxy groups -OCH3 is 1. The predicted octanol–water partition coefficient (Wildman–Crippen LogP) is 3.18. The van der Waals surface area contributed by atoms with Gasteiger partial charge in [0, 0.05) is 37.0 Å². The van der Waals surface area contributed by atoms with E-state index in [0.29, 0.717) is 24.0 Å². The quantitative estimate of drug-likeness (QED) is 0.485. The molecule has 12 heteroatoms. The highest BCUT2D eigenvalue weighted by atomic mass is 19.1. The molecule has 0 spiro atoms. The number of amides is 2. The van der Waals surface area contributed by atoms with Crippen LogP contribution in [0, 0.1) is 18.6 Å². The molecule has 1 fully saturated rings. The number of anilines is 1. The number of nitrogens with one attached hydrogen (secondary N) is 1. The Hall–Kier alpha value is -4.32. The molecule has 1 aliphatic rings. The lowest BCUT2D eigenvalue weighted by Gasteiger charge is -2.32. The molecule has 4 rings (SSSR count). The summed E-state index contributed by atoms with van der Waals surface area (Å²) in [6.07, 6.45) is 2.32. The number of carbonyl (C=O) groups is 3. The summed E-state index contributed by atoms with van der Waals surface area (Å²) in [5.74, 6) is -4.14. The number of halogens is 2. The summed E-state index contributed by atoms with van der Waals surface area (Å²) in [6.45, 7) is 2.73. The van der Waals surface area contributed by atoms with Crippen molar-refractivity contribution in [2.24, 2.45) is 0 Å². The molecule has 0 radical (unpaired) electrons. The van der Waals surface area contributed by atoms with E-state index in [1.165, 1.54) is 12.0 Å². The SMILES string of the molecule is COC(=O)N1CCO[C@@H](Cc2c(-c3c(F)cc(NC(=O)/C=C/C(=O)O)cc3F)nc3cc(C)ccn23)C1. The lowest BCUT2D eigenvalue weighted by Crippen LogP contribution is -2.46. The molecule has 1 atom stereocenters. The van der Waals surface area contributed by atoms with E-state index in [0.717, 1.165) is 23.8 Å². The molecule has 37 heavy (non-hydrogen) atoms. The van der Waals surface area contributed by atoms with Crippen LogP contribution in [-0.4, -0.2) is 70.3 Å². The lowest BCUT2D eigenvalue weighted by atomic mass is 10.0. The monoisotopic (exact) mass is 514 g/mol. The molecule has 1 aromatic carbocycles. The van der Waals surface area contributed by atoms with Gasteiger partial charge in [0.2, 0.25) is 5.91 Å². The van der Waals surface area contributed by atoms with Crippen LogP contribution in [0.2, 0.25) is 0 Å². The zero-order chi connectivity index (χ0) is 26.7. The largest absolute Gasteiger partial charge is 0.478 e. The maximum Gasteiger partial charge on any atom is 0.409 e. The number of nitrogens with zero attached hydrogens (tertiary/aromatic N) is 3. The van der Waals surface area contributed by atoms with Gasteiger partial charge in [0.25, 0.3) is 0 Å². The third kappa shape index (κ3) is 5.75. The second kappa shape index (κ2) is 10.7. The first kappa shape index (κ1) is 25.8. The lowest BCUT2D eigenvalue weighted by molar-refractivity contribution is -0.131. The van der Waals surface area contributed by atoms with E-state index in [1.54, 1.807) is 16.7 Å². The van der Waals surface area contributed by atoms with Crippen LogP contribution in [0.15, 0.2) is 42.6 Å². The Bertz CT molecular complexity index is 1380. The molecule has 0 aliphatic carbocycles. The van der Waals surface area contributed by atoms with Gasteiger partial charge in [-0.2, -0.15) is 0 Å². The highest BCUT2D eigenvalue weighted by molar-refractivity contribution is 6.02. The first-order valence-corrected chi connectivity index (χ1v) is 11.3. The summed E-state index contributed by atoms with van der Waals surface area (Å²) in [5.41, 5.74) is 1.32. The number of imidazole rings is 1. The minimum Gasteiger partial charge on any atom is -0.478 e. The number of carboxylic acid groups (broad SMARTS) is 1. The summed E-state index contributed by atoms with van der Waals surface area (Å²) < 4.78 is 42.9. The van der Waals surface area contributed by atoms with E-state index in [4.69, 9.17) is 14.6 Å². The molecule has 1 saturated heterocycles. The first-order valence-electron chi connectivity index (χ1n) is 11.3. The molecule has 0 bridgehead atoms. The predicted molar refractivity (Wildman–Crippen MR) is 128 cm³/mol. The fourth-order valence-corrected chi connectivity index (χ4v) is 4.15. The van der Waals surface area contributed by atoms with Gasteiger partial charge in [0.05, 0.1) is 43.3 Å². The molecule has 0 saturated carbocycles. The summed E-state index contributed by atoms with van der Waals surface area (Å²) in [4.78, 5) is 40.4. The number of ether oxygens (including phenoxy) is 2. The van der Waals surface area contributed by atoms with Crippen LogP contribution in [0.25, 0.3) is 16.9 Å². The van der Waals surface area contributed by atoms with Gasteiger partial charge in [0.15, 0.2) is 0 Å². The van der Waals surface area contributed by atoms with Crippen LogP contribution < -0.4 is 5.32 Å². The zero-order valence-electron chi connectivity index (χ0n) is 20.0. The Morgan fingerprint density at radius 1 is 1.24 bits per heavy atom. The average Bonchev–Trinajstić information content (AvgIpc) is 3.18. The molecule has 10 nitrogen and oxygen atoms in total. The van der Waals surface area contributed by atoms with E-state index < -0.39 is 41.3 Å². The van der Waals surface area contributed by atoms with Crippen molar-refractivity contribution < 1.29 is 37.7 Å². The number of aryl methyl sites for hydroxylation is 1. The number of carboxylic acids is 1. The number of fused-ring (bicyclic) bond motifs is 1. The summed E-state index contributed by atoms with van der Waals surface area (Å²) in [6, 6.07) is 5.47. The first-order chi connectivity index (χ1) is 17.7. The second-order valence-corrected chi connectivity index (χ2v) is 8.43. The number of aliphatic carboxylic acids is 1. The molecular weight excluding hydrogens is 490 g/mol. The van der Waals surface area contributed by atoms with E-state index >= 15 is 8.78 Å². The number of benzene rings is 1. The smallest absolute Gasteiger partial charge is 0.409 e. The molecule has 2 aromatic heterocycles. The Kier molecular flexibility index (Phi) is 7.48. The molecule has 3 aromatic rings.